The number of hydrogen-bond donors (Lipinski definition) is 2. The van der Waals surface area contributed by atoms with E-state index in [2.05, 4.69) is 25.4 Å². The Morgan fingerprint density at radius 1 is 1.32 bits per heavy atom. The van der Waals surface area contributed by atoms with Gasteiger partial charge in [-0.25, -0.2) is 9.37 Å². The summed E-state index contributed by atoms with van der Waals surface area (Å²) in [4.78, 5) is 19.3. The summed E-state index contributed by atoms with van der Waals surface area (Å²) in [5, 5.41) is 20.0. The number of likely N-dealkylation sites (N-methyl/N-ethyl adjacent to an activating group) is 1. The minimum absolute atomic E-state index is 0. The number of fused-ring (bicyclic) bond motifs is 1. The van der Waals surface area contributed by atoms with Crippen molar-refractivity contribution < 1.29 is 14.3 Å². The molecule has 0 saturated carbocycles. The molecule has 0 unspecified atom stereocenters. The first-order chi connectivity index (χ1) is 14.5. The first-order valence-corrected chi connectivity index (χ1v) is 9.75. The van der Waals surface area contributed by atoms with Gasteiger partial charge in [0.2, 0.25) is 0 Å². The Morgan fingerprint density at radius 3 is 2.90 bits per heavy atom. The lowest BCUT2D eigenvalue weighted by atomic mass is 9.97. The Bertz CT molecular complexity index is 1080. The second-order valence-corrected chi connectivity index (χ2v) is 7.54. The maximum atomic E-state index is 14.6. The molecule has 2 N–H and O–H groups in total. The third-order valence-electron chi connectivity index (χ3n) is 5.27. The van der Waals surface area contributed by atoms with Crippen LogP contribution < -0.4 is 5.32 Å². The first kappa shape index (κ1) is 22.5. The van der Waals surface area contributed by atoms with Gasteiger partial charge in [0.1, 0.15) is 23.7 Å². The maximum absolute atomic E-state index is 14.6. The number of benzene rings is 1. The SMILES string of the molecule is C.C[C@H](CO)n1cnnc1-c1cccc(NC(=O)c2cc3c(cc2F)CCN(C)C3)n1. The van der Waals surface area contributed by atoms with Crippen LogP contribution in [0.15, 0.2) is 36.7 Å². The fourth-order valence-corrected chi connectivity index (χ4v) is 3.54. The highest BCUT2D eigenvalue weighted by Gasteiger charge is 2.20. The van der Waals surface area contributed by atoms with Gasteiger partial charge in [0, 0.05) is 13.1 Å². The van der Waals surface area contributed by atoms with Gasteiger partial charge in [-0.2, -0.15) is 0 Å². The van der Waals surface area contributed by atoms with Gasteiger partial charge in [-0.1, -0.05) is 13.5 Å². The summed E-state index contributed by atoms with van der Waals surface area (Å²) in [6.45, 7) is 3.31. The number of carbonyl (C=O) groups is 1. The molecule has 4 rings (SSSR count). The largest absolute Gasteiger partial charge is 0.394 e. The highest BCUT2D eigenvalue weighted by Crippen LogP contribution is 2.24. The highest BCUT2D eigenvalue weighted by molar-refractivity contribution is 6.04. The minimum Gasteiger partial charge on any atom is -0.394 e. The van der Waals surface area contributed by atoms with Gasteiger partial charge in [-0.3, -0.25) is 4.79 Å². The van der Waals surface area contributed by atoms with Crippen molar-refractivity contribution in [1.29, 1.82) is 0 Å². The number of hydrogen-bond acceptors (Lipinski definition) is 6. The molecule has 0 fully saturated rings. The number of nitrogens with zero attached hydrogens (tertiary/aromatic N) is 5. The average molecular weight is 426 g/mol. The molecule has 0 bridgehead atoms. The van der Waals surface area contributed by atoms with Crippen molar-refractivity contribution in [3.63, 3.8) is 0 Å². The van der Waals surface area contributed by atoms with Crippen LogP contribution in [0, 0.1) is 5.82 Å². The smallest absolute Gasteiger partial charge is 0.259 e. The number of amides is 1. The lowest BCUT2D eigenvalue weighted by Gasteiger charge is -2.25. The average Bonchev–Trinajstić information content (AvgIpc) is 3.23. The number of halogens is 1. The quantitative estimate of drug-likeness (QED) is 0.651. The molecule has 2 aromatic heterocycles. The molecule has 1 aliphatic heterocycles. The van der Waals surface area contributed by atoms with Gasteiger partial charge in [-0.15, -0.1) is 10.2 Å². The van der Waals surface area contributed by atoms with Crippen molar-refractivity contribution in [2.45, 2.75) is 33.4 Å². The van der Waals surface area contributed by atoms with E-state index < -0.39 is 11.7 Å². The Labute approximate surface area is 180 Å². The molecule has 1 amide bonds. The fourth-order valence-electron chi connectivity index (χ4n) is 3.54. The van der Waals surface area contributed by atoms with Crippen LogP contribution in [0.3, 0.4) is 0 Å². The predicted molar refractivity (Wildman–Crippen MR) is 116 cm³/mol. The van der Waals surface area contributed by atoms with Crippen LogP contribution >= 0.6 is 0 Å². The topological polar surface area (TPSA) is 96.2 Å². The molecule has 0 saturated heterocycles. The van der Waals surface area contributed by atoms with Gasteiger partial charge >= 0.3 is 0 Å². The summed E-state index contributed by atoms with van der Waals surface area (Å²) in [6, 6.07) is 7.94. The van der Waals surface area contributed by atoms with Crippen LogP contribution in [0.4, 0.5) is 10.2 Å². The first-order valence-electron chi connectivity index (χ1n) is 9.75. The highest BCUT2D eigenvalue weighted by atomic mass is 19.1. The standard InChI is InChI=1S/C21H23FN6O2.CH4/c1-13(11-29)28-12-23-26-20(28)18-4-3-5-19(24-18)25-21(30)16-8-15-10-27(2)7-6-14(15)9-17(16)22;/h3-5,8-9,12-13,29H,6-7,10-11H2,1-2H3,(H,24,25,30);1H4/t13-;/m1./s1. The van der Waals surface area contributed by atoms with E-state index >= 15 is 0 Å². The molecule has 3 heterocycles. The summed E-state index contributed by atoms with van der Waals surface area (Å²) in [5.41, 5.74) is 2.38. The molecule has 1 aliphatic rings. The fraction of sp³-hybridized carbons (Fsp3) is 0.364. The van der Waals surface area contributed by atoms with Gasteiger partial charge in [0.05, 0.1) is 18.2 Å². The van der Waals surface area contributed by atoms with Gasteiger partial charge in [0.15, 0.2) is 5.82 Å². The van der Waals surface area contributed by atoms with Crippen LogP contribution in [0.25, 0.3) is 11.5 Å². The second-order valence-electron chi connectivity index (χ2n) is 7.54. The number of nitrogens with one attached hydrogen (secondary N) is 1. The van der Waals surface area contributed by atoms with E-state index in [-0.39, 0.29) is 31.5 Å². The Morgan fingerprint density at radius 2 is 2.13 bits per heavy atom. The number of aromatic nitrogens is 4. The van der Waals surface area contributed by atoms with Crippen LogP contribution in [0.1, 0.15) is 41.9 Å². The molecule has 1 atom stereocenters. The molecule has 164 valence electrons. The number of aliphatic hydroxyl groups excluding tert-OH is 1. The molecule has 1 aromatic carbocycles. The molecule has 31 heavy (non-hydrogen) atoms. The minimum atomic E-state index is -0.557. The Kier molecular flexibility index (Phi) is 6.77. The molecule has 0 aliphatic carbocycles. The molecule has 8 nitrogen and oxygen atoms in total. The zero-order chi connectivity index (χ0) is 21.3. The van der Waals surface area contributed by atoms with Crippen molar-refractivity contribution in [2.24, 2.45) is 0 Å². The summed E-state index contributed by atoms with van der Waals surface area (Å²) in [5.74, 6) is -0.351. The molecule has 3 aromatic rings. The Hall–Kier alpha value is -3.17. The molecule has 0 radical (unpaired) electrons. The van der Waals surface area contributed by atoms with Crippen LogP contribution in [0.5, 0.6) is 0 Å². The second kappa shape index (κ2) is 9.32. The van der Waals surface area contributed by atoms with Gasteiger partial charge in [-0.05, 0) is 55.8 Å². The molecule has 9 heteroatoms. The van der Waals surface area contributed by atoms with Crippen molar-refractivity contribution in [2.75, 3.05) is 25.5 Å². The number of aliphatic hydroxyl groups is 1. The zero-order valence-corrected chi connectivity index (χ0v) is 16.8. The monoisotopic (exact) mass is 426 g/mol. The number of rotatable bonds is 5. The van der Waals surface area contributed by atoms with E-state index in [0.29, 0.717) is 18.1 Å². The summed E-state index contributed by atoms with van der Waals surface area (Å²) >= 11 is 0. The Balaban J connectivity index is 0.00000272. The maximum Gasteiger partial charge on any atom is 0.259 e. The van der Waals surface area contributed by atoms with Gasteiger partial charge < -0.3 is 19.9 Å². The third-order valence-corrected chi connectivity index (χ3v) is 5.27. The van der Waals surface area contributed by atoms with Crippen LogP contribution in [-0.2, 0) is 13.0 Å². The normalized spacial score (nSPS) is 14.5. The third kappa shape index (κ3) is 4.62. The molecular formula is C22H27FN6O2. The number of carbonyl (C=O) groups excluding carboxylic acids is 1. The van der Waals surface area contributed by atoms with Crippen molar-refractivity contribution in [3.05, 3.63) is 59.2 Å². The summed E-state index contributed by atoms with van der Waals surface area (Å²) in [6.07, 6.45) is 2.28. The lowest BCUT2D eigenvalue weighted by Crippen LogP contribution is -2.27. The van der Waals surface area contributed by atoms with E-state index in [1.165, 1.54) is 12.4 Å². The molecular weight excluding hydrogens is 399 g/mol. The number of anilines is 1. The van der Waals surface area contributed by atoms with E-state index in [1.54, 1.807) is 28.8 Å². The van der Waals surface area contributed by atoms with Crippen LogP contribution in [0.2, 0.25) is 0 Å². The number of pyridine rings is 1. The van der Waals surface area contributed by atoms with E-state index in [1.807, 2.05) is 14.0 Å². The van der Waals surface area contributed by atoms with Crippen molar-refractivity contribution in [1.82, 2.24) is 24.6 Å². The zero-order valence-electron chi connectivity index (χ0n) is 16.8. The van der Waals surface area contributed by atoms with Gasteiger partial charge in [0.25, 0.3) is 5.91 Å². The predicted octanol–water partition coefficient (Wildman–Crippen LogP) is 2.91. The van der Waals surface area contributed by atoms with E-state index in [4.69, 9.17) is 0 Å². The summed E-state index contributed by atoms with van der Waals surface area (Å²) in [7, 11) is 2.00. The van der Waals surface area contributed by atoms with E-state index in [9.17, 15) is 14.3 Å². The van der Waals surface area contributed by atoms with Crippen LogP contribution in [-0.4, -0.2) is 55.9 Å². The van der Waals surface area contributed by atoms with Crippen molar-refractivity contribution in [3.8, 4) is 11.5 Å². The lowest BCUT2D eigenvalue weighted by molar-refractivity contribution is 0.102. The summed E-state index contributed by atoms with van der Waals surface area (Å²) < 4.78 is 16.3. The molecule has 0 spiro atoms. The van der Waals surface area contributed by atoms with E-state index in [0.717, 1.165) is 24.1 Å². The van der Waals surface area contributed by atoms with Crippen molar-refractivity contribution >= 4 is 11.7 Å².